The second-order valence-electron chi connectivity index (χ2n) is 9.10. The van der Waals surface area contributed by atoms with Gasteiger partial charge in [0.25, 0.3) is 0 Å². The molecule has 0 heterocycles. The highest BCUT2D eigenvalue weighted by atomic mass is 19.1. The molecule has 4 heteroatoms. The molecule has 0 aliphatic heterocycles. The van der Waals surface area contributed by atoms with Gasteiger partial charge in [0, 0.05) is 13.0 Å². The molecule has 1 aliphatic carbocycles. The van der Waals surface area contributed by atoms with E-state index in [2.05, 4.69) is 34.6 Å². The molecule has 0 radical (unpaired) electrons. The molecule has 1 aliphatic rings. The van der Waals surface area contributed by atoms with Crippen LogP contribution >= 0.6 is 0 Å². The van der Waals surface area contributed by atoms with Gasteiger partial charge < -0.3 is 9.47 Å². The molecule has 0 aromatic heterocycles. The van der Waals surface area contributed by atoms with Crippen molar-refractivity contribution in [2.75, 3.05) is 13.7 Å². The number of benzene rings is 1. The van der Waals surface area contributed by atoms with E-state index in [0.717, 1.165) is 36.8 Å². The third-order valence-electron chi connectivity index (χ3n) is 5.37. The SMILES string of the molecule is COCC(=O)O[C@]1(CCC(C)(C)C)CCc2cc(F)ccc2[C@@H]1C(C)C. The largest absolute Gasteiger partial charge is 0.457 e. The van der Waals surface area contributed by atoms with Crippen LogP contribution in [0.1, 0.15) is 70.9 Å². The van der Waals surface area contributed by atoms with Crippen molar-refractivity contribution in [1.82, 2.24) is 0 Å². The maximum absolute atomic E-state index is 13.7. The molecule has 2 rings (SSSR count). The van der Waals surface area contributed by atoms with Gasteiger partial charge in [-0.2, -0.15) is 0 Å². The molecule has 0 bridgehead atoms. The molecule has 26 heavy (non-hydrogen) atoms. The average molecular weight is 365 g/mol. The number of methoxy groups -OCH3 is 1. The minimum absolute atomic E-state index is 0.0433. The Hall–Kier alpha value is -1.42. The number of carbonyl (C=O) groups is 1. The van der Waals surface area contributed by atoms with Gasteiger partial charge in [0.1, 0.15) is 18.0 Å². The van der Waals surface area contributed by atoms with Crippen molar-refractivity contribution in [3.63, 3.8) is 0 Å². The van der Waals surface area contributed by atoms with Crippen LogP contribution in [0.3, 0.4) is 0 Å². The van der Waals surface area contributed by atoms with Crippen molar-refractivity contribution in [1.29, 1.82) is 0 Å². The van der Waals surface area contributed by atoms with Gasteiger partial charge in [-0.25, -0.2) is 9.18 Å². The number of carbonyl (C=O) groups excluding carboxylic acids is 1. The Kier molecular flexibility index (Phi) is 6.49. The summed E-state index contributed by atoms with van der Waals surface area (Å²) >= 11 is 0. The van der Waals surface area contributed by atoms with Crippen LogP contribution in [0.4, 0.5) is 4.39 Å². The lowest BCUT2D eigenvalue weighted by Gasteiger charge is -2.47. The van der Waals surface area contributed by atoms with Gasteiger partial charge in [0.05, 0.1) is 0 Å². The van der Waals surface area contributed by atoms with E-state index in [1.54, 1.807) is 6.07 Å². The fraction of sp³-hybridized carbons (Fsp3) is 0.682. The first-order valence-corrected chi connectivity index (χ1v) is 9.57. The van der Waals surface area contributed by atoms with Crippen molar-refractivity contribution >= 4 is 5.97 Å². The number of aryl methyl sites for hydroxylation is 1. The fourth-order valence-electron chi connectivity index (χ4n) is 4.25. The molecule has 1 aromatic carbocycles. The van der Waals surface area contributed by atoms with Gasteiger partial charge in [0.2, 0.25) is 0 Å². The number of ether oxygens (including phenoxy) is 2. The second-order valence-corrected chi connectivity index (χ2v) is 9.10. The standard InChI is InChI=1S/C22H33FO3/c1-15(2)20-18-8-7-17(23)13-16(18)9-10-22(20,12-11-21(3,4)5)26-19(24)14-25-6/h7-8,13,15,20H,9-12,14H2,1-6H3/t20-,22-/m0/s1. The monoisotopic (exact) mass is 364 g/mol. The highest BCUT2D eigenvalue weighted by molar-refractivity contribution is 5.71. The Morgan fingerprint density at radius 3 is 2.62 bits per heavy atom. The molecule has 0 spiro atoms. The minimum Gasteiger partial charge on any atom is -0.457 e. The number of fused-ring (bicyclic) bond motifs is 1. The molecule has 146 valence electrons. The number of rotatable bonds is 6. The number of esters is 1. The van der Waals surface area contributed by atoms with Crippen LogP contribution in [-0.4, -0.2) is 25.3 Å². The summed E-state index contributed by atoms with van der Waals surface area (Å²) in [6.45, 7) is 10.9. The number of halogens is 1. The zero-order chi connectivity index (χ0) is 19.5. The van der Waals surface area contributed by atoms with Crippen molar-refractivity contribution in [3.8, 4) is 0 Å². The smallest absolute Gasteiger partial charge is 0.332 e. The highest BCUT2D eigenvalue weighted by Crippen LogP contribution is 2.49. The zero-order valence-corrected chi connectivity index (χ0v) is 17.0. The van der Waals surface area contributed by atoms with E-state index in [4.69, 9.17) is 9.47 Å². The lowest BCUT2D eigenvalue weighted by atomic mass is 9.64. The Bertz CT molecular complexity index is 633. The molecular formula is C22H33FO3. The van der Waals surface area contributed by atoms with Crippen molar-refractivity contribution in [2.24, 2.45) is 11.3 Å². The molecule has 2 atom stereocenters. The Morgan fingerprint density at radius 2 is 2.04 bits per heavy atom. The predicted molar refractivity (Wildman–Crippen MR) is 102 cm³/mol. The van der Waals surface area contributed by atoms with Crippen molar-refractivity contribution in [3.05, 3.63) is 35.1 Å². The molecule has 0 amide bonds. The summed E-state index contributed by atoms with van der Waals surface area (Å²) in [5.41, 5.74) is 1.73. The maximum atomic E-state index is 13.7. The number of hydrogen-bond donors (Lipinski definition) is 0. The summed E-state index contributed by atoms with van der Waals surface area (Å²) in [5.74, 6) is -0.202. The van der Waals surface area contributed by atoms with E-state index in [1.165, 1.54) is 13.2 Å². The van der Waals surface area contributed by atoms with Crippen LogP contribution in [0.15, 0.2) is 18.2 Å². The first kappa shape index (κ1) is 20.9. The zero-order valence-electron chi connectivity index (χ0n) is 17.0. The number of hydrogen-bond acceptors (Lipinski definition) is 3. The normalized spacial score (nSPS) is 23.0. The molecule has 0 N–H and O–H groups in total. The highest BCUT2D eigenvalue weighted by Gasteiger charge is 2.48. The summed E-state index contributed by atoms with van der Waals surface area (Å²) in [7, 11) is 1.50. The third kappa shape index (κ3) is 4.85. The summed E-state index contributed by atoms with van der Waals surface area (Å²) < 4.78 is 24.8. The van der Waals surface area contributed by atoms with Gasteiger partial charge in [-0.15, -0.1) is 0 Å². The van der Waals surface area contributed by atoms with E-state index in [9.17, 15) is 9.18 Å². The van der Waals surface area contributed by atoms with Gasteiger partial charge in [-0.1, -0.05) is 40.7 Å². The topological polar surface area (TPSA) is 35.5 Å². The lowest BCUT2D eigenvalue weighted by Crippen LogP contribution is -2.47. The Morgan fingerprint density at radius 1 is 1.35 bits per heavy atom. The summed E-state index contributed by atoms with van der Waals surface area (Å²) in [5, 5.41) is 0. The Balaban J connectivity index is 2.46. The third-order valence-corrected chi connectivity index (χ3v) is 5.37. The molecular weight excluding hydrogens is 331 g/mol. The van der Waals surface area contributed by atoms with E-state index in [-0.39, 0.29) is 35.6 Å². The van der Waals surface area contributed by atoms with Crippen LogP contribution in [-0.2, 0) is 20.7 Å². The maximum Gasteiger partial charge on any atom is 0.332 e. The molecule has 0 fully saturated rings. The summed E-state index contributed by atoms with van der Waals surface area (Å²) in [6, 6.07) is 5.03. The fourth-order valence-corrected chi connectivity index (χ4v) is 4.25. The van der Waals surface area contributed by atoms with Gasteiger partial charge in [-0.05, 0) is 60.3 Å². The van der Waals surface area contributed by atoms with Gasteiger partial charge in [0.15, 0.2) is 0 Å². The van der Waals surface area contributed by atoms with Crippen molar-refractivity contribution in [2.45, 2.75) is 71.8 Å². The van der Waals surface area contributed by atoms with E-state index >= 15 is 0 Å². The molecule has 3 nitrogen and oxygen atoms in total. The Labute approximate surface area is 157 Å². The molecule has 1 aromatic rings. The average Bonchev–Trinajstić information content (AvgIpc) is 2.52. The lowest BCUT2D eigenvalue weighted by molar-refractivity contribution is -0.172. The first-order valence-electron chi connectivity index (χ1n) is 9.57. The second kappa shape index (κ2) is 8.08. The van der Waals surface area contributed by atoms with Crippen LogP contribution in [0, 0.1) is 17.2 Å². The van der Waals surface area contributed by atoms with E-state index in [0.29, 0.717) is 0 Å². The van der Waals surface area contributed by atoms with Crippen LogP contribution in [0.5, 0.6) is 0 Å². The van der Waals surface area contributed by atoms with Gasteiger partial charge >= 0.3 is 5.97 Å². The minimum atomic E-state index is -0.568. The molecule has 0 saturated carbocycles. The van der Waals surface area contributed by atoms with Crippen molar-refractivity contribution < 1.29 is 18.7 Å². The summed E-state index contributed by atoms with van der Waals surface area (Å²) in [4.78, 5) is 12.4. The van der Waals surface area contributed by atoms with E-state index < -0.39 is 5.60 Å². The molecule has 0 saturated heterocycles. The molecule has 0 unspecified atom stereocenters. The van der Waals surface area contributed by atoms with Crippen LogP contribution in [0.25, 0.3) is 0 Å². The quantitative estimate of drug-likeness (QED) is 0.645. The van der Waals surface area contributed by atoms with Gasteiger partial charge in [-0.3, -0.25) is 0 Å². The summed E-state index contributed by atoms with van der Waals surface area (Å²) in [6.07, 6.45) is 3.19. The van der Waals surface area contributed by atoms with Crippen LogP contribution < -0.4 is 0 Å². The first-order chi connectivity index (χ1) is 12.1. The van der Waals surface area contributed by atoms with Crippen LogP contribution in [0.2, 0.25) is 0 Å². The predicted octanol–water partition coefficient (Wildman–Crippen LogP) is 5.27. The van der Waals surface area contributed by atoms with E-state index in [1.807, 2.05) is 6.07 Å².